The maximum absolute atomic E-state index is 10.1. The van der Waals surface area contributed by atoms with Crippen LogP contribution in [0.5, 0.6) is 5.75 Å². The van der Waals surface area contributed by atoms with Crippen molar-refractivity contribution in [3.63, 3.8) is 0 Å². The number of likely N-dealkylation sites (tertiary alicyclic amines) is 1. The average Bonchev–Trinajstić information content (AvgIpc) is 2.72. The first-order chi connectivity index (χ1) is 13.7. The molecule has 2 fully saturated rings. The summed E-state index contributed by atoms with van der Waals surface area (Å²) in [4.78, 5) is 2.67. The molecule has 0 aromatic heterocycles. The standard InChI is InChI=1S/C25H31NO2/c27-18-6-11-23-24-12-5-14-25(23,21-9-4-10-22(28)19-21)15-17-26(24)16-13-20-7-2-1-3-8-20/h1-4,6-11,19,23-24,27-28H,5,12-18H2/b11-6+/t23-,24-,25+/m0/s1. The molecule has 0 spiro atoms. The lowest BCUT2D eigenvalue weighted by molar-refractivity contribution is 0.0112. The van der Waals surface area contributed by atoms with Gasteiger partial charge in [0.1, 0.15) is 5.75 Å². The summed E-state index contributed by atoms with van der Waals surface area (Å²) in [5.74, 6) is 0.727. The van der Waals surface area contributed by atoms with Crippen molar-refractivity contribution in [1.29, 1.82) is 0 Å². The first-order valence-corrected chi connectivity index (χ1v) is 10.6. The Morgan fingerprint density at radius 1 is 1.07 bits per heavy atom. The number of aromatic hydroxyl groups is 1. The number of hydrogen-bond donors (Lipinski definition) is 2. The minimum Gasteiger partial charge on any atom is -0.508 e. The molecule has 3 nitrogen and oxygen atoms in total. The van der Waals surface area contributed by atoms with Gasteiger partial charge in [0.15, 0.2) is 0 Å². The highest BCUT2D eigenvalue weighted by Crippen LogP contribution is 2.52. The van der Waals surface area contributed by atoms with Crippen molar-refractivity contribution in [3.05, 3.63) is 77.9 Å². The summed E-state index contributed by atoms with van der Waals surface area (Å²) in [5.41, 5.74) is 2.72. The summed E-state index contributed by atoms with van der Waals surface area (Å²) in [6.45, 7) is 2.26. The summed E-state index contributed by atoms with van der Waals surface area (Å²) < 4.78 is 0. The molecule has 2 aromatic carbocycles. The number of piperidine rings is 1. The zero-order valence-electron chi connectivity index (χ0n) is 16.5. The number of aliphatic hydroxyl groups excluding tert-OH is 1. The number of phenols is 1. The second-order valence-corrected chi connectivity index (χ2v) is 8.32. The summed E-state index contributed by atoms with van der Waals surface area (Å²) >= 11 is 0. The minimum absolute atomic E-state index is 0.0660. The molecule has 2 aliphatic rings. The molecule has 28 heavy (non-hydrogen) atoms. The summed E-state index contributed by atoms with van der Waals surface area (Å²) in [5, 5.41) is 19.5. The van der Waals surface area contributed by atoms with Crippen LogP contribution in [0.2, 0.25) is 0 Å². The van der Waals surface area contributed by atoms with E-state index in [9.17, 15) is 10.2 Å². The van der Waals surface area contributed by atoms with Gasteiger partial charge >= 0.3 is 0 Å². The molecule has 1 aliphatic carbocycles. The van der Waals surface area contributed by atoms with Crippen LogP contribution in [0.1, 0.15) is 36.8 Å². The van der Waals surface area contributed by atoms with Gasteiger partial charge in [-0.2, -0.15) is 0 Å². The molecule has 0 amide bonds. The number of phenolic OH excluding ortho intramolecular Hbond substituents is 1. The van der Waals surface area contributed by atoms with Crippen molar-refractivity contribution in [2.75, 3.05) is 19.7 Å². The number of rotatable bonds is 6. The molecule has 1 heterocycles. The van der Waals surface area contributed by atoms with E-state index in [0.717, 1.165) is 32.4 Å². The van der Waals surface area contributed by atoms with Crippen LogP contribution in [0.25, 0.3) is 0 Å². The third-order valence-corrected chi connectivity index (χ3v) is 6.89. The summed E-state index contributed by atoms with van der Waals surface area (Å²) in [6, 6.07) is 19.1. The Balaban J connectivity index is 1.60. The molecule has 2 bridgehead atoms. The third-order valence-electron chi connectivity index (χ3n) is 6.89. The smallest absolute Gasteiger partial charge is 0.115 e. The Kier molecular flexibility index (Phi) is 5.84. The van der Waals surface area contributed by atoms with Crippen LogP contribution in [0, 0.1) is 5.92 Å². The maximum atomic E-state index is 10.1. The monoisotopic (exact) mass is 377 g/mol. The number of aliphatic hydroxyl groups is 1. The van der Waals surface area contributed by atoms with Gasteiger partial charge in [0, 0.05) is 23.9 Å². The van der Waals surface area contributed by atoms with Crippen LogP contribution in [-0.2, 0) is 11.8 Å². The Morgan fingerprint density at radius 3 is 2.71 bits per heavy atom. The molecule has 1 saturated carbocycles. The van der Waals surface area contributed by atoms with Gasteiger partial charge in [-0.1, -0.05) is 61.0 Å². The van der Waals surface area contributed by atoms with Crippen molar-refractivity contribution in [1.82, 2.24) is 4.90 Å². The molecular formula is C25H31NO2. The number of benzene rings is 2. The fraction of sp³-hybridized carbons (Fsp3) is 0.440. The van der Waals surface area contributed by atoms with Gasteiger partial charge in [-0.3, -0.25) is 4.90 Å². The predicted octanol–water partition coefficient (Wildman–Crippen LogP) is 4.30. The van der Waals surface area contributed by atoms with Gasteiger partial charge in [0.2, 0.25) is 0 Å². The molecule has 3 heteroatoms. The van der Waals surface area contributed by atoms with Gasteiger partial charge in [-0.25, -0.2) is 0 Å². The minimum atomic E-state index is 0.0660. The van der Waals surface area contributed by atoms with Crippen molar-refractivity contribution < 1.29 is 10.2 Å². The lowest BCUT2D eigenvalue weighted by Crippen LogP contribution is -2.58. The van der Waals surface area contributed by atoms with E-state index in [1.807, 2.05) is 18.2 Å². The van der Waals surface area contributed by atoms with Crippen LogP contribution < -0.4 is 0 Å². The summed E-state index contributed by atoms with van der Waals surface area (Å²) in [7, 11) is 0. The third kappa shape index (κ3) is 3.74. The Morgan fingerprint density at radius 2 is 1.93 bits per heavy atom. The highest BCUT2D eigenvalue weighted by Gasteiger charge is 2.50. The van der Waals surface area contributed by atoms with Crippen molar-refractivity contribution >= 4 is 0 Å². The Hall–Kier alpha value is -2.10. The second kappa shape index (κ2) is 8.50. The maximum Gasteiger partial charge on any atom is 0.115 e. The lowest BCUT2D eigenvalue weighted by atomic mass is 9.56. The van der Waals surface area contributed by atoms with Gasteiger partial charge in [0.25, 0.3) is 0 Å². The van der Waals surface area contributed by atoms with Gasteiger partial charge in [0.05, 0.1) is 6.61 Å². The molecule has 3 atom stereocenters. The molecule has 1 saturated heterocycles. The highest BCUT2D eigenvalue weighted by molar-refractivity contribution is 5.37. The van der Waals surface area contributed by atoms with Crippen LogP contribution in [-0.4, -0.2) is 40.9 Å². The largest absolute Gasteiger partial charge is 0.508 e. The van der Waals surface area contributed by atoms with E-state index in [2.05, 4.69) is 47.4 Å². The Bertz CT molecular complexity index is 803. The van der Waals surface area contributed by atoms with E-state index < -0.39 is 0 Å². The van der Waals surface area contributed by atoms with E-state index in [4.69, 9.17) is 0 Å². The van der Waals surface area contributed by atoms with Crippen LogP contribution in [0.3, 0.4) is 0 Å². The fourth-order valence-electron chi connectivity index (χ4n) is 5.56. The Labute approximate surface area is 168 Å². The van der Waals surface area contributed by atoms with Gasteiger partial charge < -0.3 is 10.2 Å². The quantitative estimate of drug-likeness (QED) is 0.738. The zero-order chi connectivity index (χ0) is 19.4. The molecule has 0 unspecified atom stereocenters. The molecule has 0 radical (unpaired) electrons. The van der Waals surface area contributed by atoms with E-state index >= 15 is 0 Å². The van der Waals surface area contributed by atoms with Crippen molar-refractivity contribution in [3.8, 4) is 5.75 Å². The van der Waals surface area contributed by atoms with Gasteiger partial charge in [-0.15, -0.1) is 0 Å². The first kappa shape index (κ1) is 19.2. The van der Waals surface area contributed by atoms with Crippen LogP contribution in [0.4, 0.5) is 0 Å². The van der Waals surface area contributed by atoms with Crippen LogP contribution in [0.15, 0.2) is 66.7 Å². The fourth-order valence-corrected chi connectivity index (χ4v) is 5.56. The zero-order valence-corrected chi connectivity index (χ0v) is 16.5. The number of nitrogens with zero attached hydrogens (tertiary/aromatic N) is 1. The van der Waals surface area contributed by atoms with E-state index in [1.54, 1.807) is 6.07 Å². The predicted molar refractivity (Wildman–Crippen MR) is 113 cm³/mol. The van der Waals surface area contributed by atoms with Crippen molar-refractivity contribution in [2.24, 2.45) is 5.92 Å². The molecular weight excluding hydrogens is 346 g/mol. The molecule has 1 aliphatic heterocycles. The second-order valence-electron chi connectivity index (χ2n) is 8.32. The molecule has 148 valence electrons. The average molecular weight is 378 g/mol. The van der Waals surface area contributed by atoms with E-state index in [1.165, 1.54) is 24.0 Å². The number of hydrogen-bond acceptors (Lipinski definition) is 3. The van der Waals surface area contributed by atoms with Crippen molar-refractivity contribution in [2.45, 2.75) is 43.6 Å². The normalized spacial score (nSPS) is 27.9. The molecule has 4 rings (SSSR count). The number of fused-ring (bicyclic) bond motifs is 2. The SMILES string of the molecule is OC/C=C/[C@H]1[C@@H]2CCC[C@]1(c1cccc(O)c1)CCN2CCc1ccccc1. The molecule has 2 aromatic rings. The first-order valence-electron chi connectivity index (χ1n) is 10.6. The summed E-state index contributed by atoms with van der Waals surface area (Å²) in [6.07, 6.45) is 9.92. The van der Waals surface area contributed by atoms with E-state index in [0.29, 0.717) is 17.7 Å². The van der Waals surface area contributed by atoms with Crippen LogP contribution >= 0.6 is 0 Å². The van der Waals surface area contributed by atoms with Gasteiger partial charge in [-0.05, 0) is 55.5 Å². The highest BCUT2D eigenvalue weighted by atomic mass is 16.3. The molecule has 2 N–H and O–H groups in total. The topological polar surface area (TPSA) is 43.7 Å². The lowest BCUT2D eigenvalue weighted by Gasteiger charge is -2.56. The van der Waals surface area contributed by atoms with E-state index in [-0.39, 0.29) is 12.0 Å².